The van der Waals surface area contributed by atoms with Crippen molar-refractivity contribution in [1.82, 2.24) is 10.2 Å². The van der Waals surface area contributed by atoms with Gasteiger partial charge < -0.3 is 9.64 Å². The van der Waals surface area contributed by atoms with Crippen molar-refractivity contribution in [2.45, 2.75) is 18.7 Å². The van der Waals surface area contributed by atoms with Crippen molar-refractivity contribution in [3.63, 3.8) is 0 Å². The van der Waals surface area contributed by atoms with Crippen LogP contribution in [0.25, 0.3) is 0 Å². The van der Waals surface area contributed by atoms with Crippen molar-refractivity contribution in [2.75, 3.05) is 18.0 Å². The summed E-state index contributed by atoms with van der Waals surface area (Å²) in [6.07, 6.45) is -4.08. The van der Waals surface area contributed by atoms with Crippen LogP contribution in [0.4, 0.5) is 22.7 Å². The first-order valence-corrected chi connectivity index (χ1v) is 7.31. The molecule has 0 bridgehead atoms. The van der Waals surface area contributed by atoms with E-state index in [1.54, 1.807) is 11.0 Å². The van der Waals surface area contributed by atoms with Crippen molar-refractivity contribution >= 4 is 16.5 Å². The molecule has 1 aromatic carbocycles. The minimum atomic E-state index is -4.48. The molecule has 0 radical (unpaired) electrons. The first-order valence-electron chi connectivity index (χ1n) is 6.50. The molecule has 1 unspecified atom stereocenters. The summed E-state index contributed by atoms with van der Waals surface area (Å²) in [6.45, 7) is 0.912. The Balaban J connectivity index is 1.64. The van der Waals surface area contributed by atoms with Crippen LogP contribution in [0, 0.1) is 5.82 Å². The standard InChI is InChI=1S/C13H11F4N3OS/c14-8-2-1-3-9(6-8)21-10-4-5-20(7-10)12-19-18-11(22-12)13(15,16)17/h1-3,6,10H,4-5,7H2. The van der Waals surface area contributed by atoms with Gasteiger partial charge in [0.25, 0.3) is 0 Å². The van der Waals surface area contributed by atoms with Gasteiger partial charge >= 0.3 is 6.18 Å². The van der Waals surface area contributed by atoms with Crippen molar-refractivity contribution in [3.8, 4) is 5.75 Å². The predicted molar refractivity (Wildman–Crippen MR) is 72.6 cm³/mol. The second-order valence-corrected chi connectivity index (χ2v) is 5.78. The zero-order valence-electron chi connectivity index (χ0n) is 11.2. The number of ether oxygens (including phenoxy) is 1. The van der Waals surface area contributed by atoms with Gasteiger partial charge in [0.05, 0.1) is 6.54 Å². The Morgan fingerprint density at radius 3 is 2.77 bits per heavy atom. The maximum atomic E-state index is 13.1. The van der Waals surface area contributed by atoms with Gasteiger partial charge in [-0.1, -0.05) is 17.4 Å². The summed E-state index contributed by atoms with van der Waals surface area (Å²) in [6, 6.07) is 5.76. The van der Waals surface area contributed by atoms with E-state index in [9.17, 15) is 17.6 Å². The number of hydrogen-bond acceptors (Lipinski definition) is 5. The first kappa shape index (κ1) is 15.0. The molecule has 0 amide bonds. The number of rotatable bonds is 3. The molecule has 3 rings (SSSR count). The average molecular weight is 333 g/mol. The van der Waals surface area contributed by atoms with E-state index in [4.69, 9.17) is 4.74 Å². The van der Waals surface area contributed by atoms with E-state index in [1.807, 2.05) is 0 Å². The van der Waals surface area contributed by atoms with Gasteiger partial charge in [-0.15, -0.1) is 10.2 Å². The number of halogens is 4. The van der Waals surface area contributed by atoms with E-state index in [0.29, 0.717) is 36.6 Å². The Bertz CT molecular complexity index is 661. The van der Waals surface area contributed by atoms with Crippen LogP contribution in [0.1, 0.15) is 11.4 Å². The monoisotopic (exact) mass is 333 g/mol. The number of anilines is 1. The van der Waals surface area contributed by atoms with Crippen molar-refractivity contribution in [3.05, 3.63) is 35.1 Å². The molecule has 1 fully saturated rings. The zero-order valence-corrected chi connectivity index (χ0v) is 12.0. The molecule has 0 spiro atoms. The van der Waals surface area contributed by atoms with E-state index in [2.05, 4.69) is 10.2 Å². The lowest BCUT2D eigenvalue weighted by Crippen LogP contribution is -2.24. The summed E-state index contributed by atoms with van der Waals surface area (Å²) in [5.41, 5.74) is 0. The molecule has 118 valence electrons. The van der Waals surface area contributed by atoms with E-state index < -0.39 is 17.0 Å². The number of alkyl halides is 3. The normalized spacial score (nSPS) is 18.7. The van der Waals surface area contributed by atoms with Crippen LogP contribution in [0.3, 0.4) is 0 Å². The van der Waals surface area contributed by atoms with E-state index >= 15 is 0 Å². The molecular formula is C13H11F4N3OS. The molecule has 0 saturated carbocycles. The Labute approximate surface area is 127 Å². The number of benzene rings is 1. The fourth-order valence-electron chi connectivity index (χ4n) is 2.19. The molecule has 1 saturated heterocycles. The molecule has 1 atom stereocenters. The molecule has 1 aliphatic rings. The smallest absolute Gasteiger partial charge is 0.445 e. The maximum Gasteiger partial charge on any atom is 0.445 e. The first-order chi connectivity index (χ1) is 10.4. The molecular weight excluding hydrogens is 322 g/mol. The quantitative estimate of drug-likeness (QED) is 0.808. The van der Waals surface area contributed by atoms with Crippen LogP contribution in [-0.4, -0.2) is 29.4 Å². The van der Waals surface area contributed by atoms with Crippen LogP contribution in [0.5, 0.6) is 5.75 Å². The molecule has 1 aliphatic heterocycles. The van der Waals surface area contributed by atoms with E-state index in [1.165, 1.54) is 18.2 Å². The van der Waals surface area contributed by atoms with E-state index in [-0.39, 0.29) is 11.2 Å². The lowest BCUT2D eigenvalue weighted by atomic mass is 10.3. The SMILES string of the molecule is Fc1cccc(OC2CCN(c3nnc(C(F)(F)F)s3)C2)c1. The lowest BCUT2D eigenvalue weighted by Gasteiger charge is -2.15. The molecule has 0 N–H and O–H groups in total. The minimum Gasteiger partial charge on any atom is -0.488 e. The summed E-state index contributed by atoms with van der Waals surface area (Å²) >= 11 is 0.511. The van der Waals surface area contributed by atoms with Crippen LogP contribution < -0.4 is 9.64 Å². The van der Waals surface area contributed by atoms with Crippen LogP contribution in [0.2, 0.25) is 0 Å². The van der Waals surface area contributed by atoms with Gasteiger partial charge in [-0.05, 0) is 12.1 Å². The van der Waals surface area contributed by atoms with Crippen LogP contribution in [0.15, 0.2) is 24.3 Å². The molecule has 4 nitrogen and oxygen atoms in total. The van der Waals surface area contributed by atoms with E-state index in [0.717, 1.165) is 0 Å². The van der Waals surface area contributed by atoms with Gasteiger partial charge in [-0.3, -0.25) is 0 Å². The summed E-state index contributed by atoms with van der Waals surface area (Å²) in [7, 11) is 0. The van der Waals surface area contributed by atoms with Gasteiger partial charge in [0.2, 0.25) is 10.1 Å². The number of hydrogen-bond donors (Lipinski definition) is 0. The second kappa shape index (κ2) is 5.71. The van der Waals surface area contributed by atoms with Crippen molar-refractivity contribution < 1.29 is 22.3 Å². The minimum absolute atomic E-state index is 0.220. The van der Waals surface area contributed by atoms with Gasteiger partial charge in [-0.25, -0.2) is 4.39 Å². The lowest BCUT2D eigenvalue weighted by molar-refractivity contribution is -0.138. The second-order valence-electron chi connectivity index (χ2n) is 4.82. The Kier molecular flexibility index (Phi) is 3.90. The number of nitrogens with zero attached hydrogens (tertiary/aromatic N) is 3. The molecule has 9 heteroatoms. The third kappa shape index (κ3) is 3.29. The maximum absolute atomic E-state index is 13.1. The molecule has 1 aromatic heterocycles. The van der Waals surface area contributed by atoms with Gasteiger partial charge in [-0.2, -0.15) is 13.2 Å². The fourth-order valence-corrected chi connectivity index (χ4v) is 2.94. The fraction of sp³-hybridized carbons (Fsp3) is 0.385. The zero-order chi connectivity index (χ0) is 15.7. The highest BCUT2D eigenvalue weighted by Crippen LogP contribution is 2.35. The Morgan fingerprint density at radius 2 is 2.09 bits per heavy atom. The summed E-state index contributed by atoms with van der Waals surface area (Å²) in [5.74, 6) is 0.00592. The third-order valence-corrected chi connectivity index (χ3v) is 4.20. The van der Waals surface area contributed by atoms with Crippen LogP contribution in [-0.2, 0) is 6.18 Å². The van der Waals surface area contributed by atoms with Gasteiger partial charge in [0, 0.05) is 19.0 Å². The molecule has 2 heterocycles. The molecule has 2 aromatic rings. The Morgan fingerprint density at radius 1 is 1.27 bits per heavy atom. The highest BCUT2D eigenvalue weighted by atomic mass is 32.1. The molecule has 22 heavy (non-hydrogen) atoms. The van der Waals surface area contributed by atoms with Crippen LogP contribution >= 0.6 is 11.3 Å². The van der Waals surface area contributed by atoms with Crippen molar-refractivity contribution in [2.24, 2.45) is 0 Å². The number of aromatic nitrogens is 2. The average Bonchev–Trinajstić information content (AvgIpc) is 3.06. The largest absolute Gasteiger partial charge is 0.488 e. The highest BCUT2D eigenvalue weighted by Gasteiger charge is 2.37. The Hall–Kier alpha value is -1.90. The van der Waals surface area contributed by atoms with Gasteiger partial charge in [0.15, 0.2) is 0 Å². The van der Waals surface area contributed by atoms with Crippen molar-refractivity contribution in [1.29, 1.82) is 0 Å². The summed E-state index contributed by atoms with van der Waals surface area (Å²) < 4.78 is 56.3. The molecule has 0 aliphatic carbocycles. The highest BCUT2D eigenvalue weighted by molar-refractivity contribution is 7.15. The summed E-state index contributed by atoms with van der Waals surface area (Å²) in [4.78, 5) is 1.69. The topological polar surface area (TPSA) is 38.2 Å². The third-order valence-electron chi connectivity index (χ3n) is 3.17. The van der Waals surface area contributed by atoms with Gasteiger partial charge in [0.1, 0.15) is 17.7 Å². The summed E-state index contributed by atoms with van der Waals surface area (Å²) in [5, 5.41) is 6.00. The predicted octanol–water partition coefficient (Wildman–Crippen LogP) is 3.35.